The van der Waals surface area contributed by atoms with Gasteiger partial charge in [-0.25, -0.2) is 0 Å². The maximum Gasteiger partial charge on any atom is 0.221 e. The number of rotatable bonds is 9. The third-order valence-electron chi connectivity index (χ3n) is 4.31. The Bertz CT molecular complexity index is 556. The van der Waals surface area contributed by atoms with E-state index in [2.05, 4.69) is 20.9 Å². The van der Waals surface area contributed by atoms with E-state index in [4.69, 9.17) is 9.41 Å². The van der Waals surface area contributed by atoms with E-state index in [1.807, 2.05) is 32.9 Å². The Balaban J connectivity index is 0.00000364. The lowest BCUT2D eigenvalue weighted by atomic mass is 10.2. The molecule has 1 aromatic heterocycles. The van der Waals surface area contributed by atoms with Crippen LogP contribution in [0.25, 0.3) is 0 Å². The molecule has 1 aromatic rings. The number of likely N-dealkylation sites (tertiary alicyclic amines) is 1. The molecule has 0 aliphatic carbocycles. The molecule has 3 N–H and O–H groups in total. The van der Waals surface area contributed by atoms with E-state index >= 15 is 0 Å². The largest absolute Gasteiger partial charge is 0.468 e. The normalized spacial score (nSPS) is 16.1. The van der Waals surface area contributed by atoms with Crippen LogP contribution in [0.3, 0.4) is 0 Å². The zero-order valence-corrected chi connectivity index (χ0v) is 19.0. The Morgan fingerprint density at radius 2 is 2.04 bits per heavy atom. The molecule has 7 nitrogen and oxygen atoms in total. The smallest absolute Gasteiger partial charge is 0.221 e. The first-order valence-electron chi connectivity index (χ1n) is 9.69. The van der Waals surface area contributed by atoms with Crippen LogP contribution in [0.5, 0.6) is 0 Å². The summed E-state index contributed by atoms with van der Waals surface area (Å²) in [5, 5.41) is 9.39. The fourth-order valence-electron chi connectivity index (χ4n) is 3.13. The molecule has 0 radical (unpaired) electrons. The summed E-state index contributed by atoms with van der Waals surface area (Å²) < 4.78 is 5.65. The topological polar surface area (TPSA) is 81.9 Å². The molecule has 0 spiro atoms. The number of nitrogens with zero attached hydrogens (tertiary/aromatic N) is 2. The molecule has 1 aliphatic heterocycles. The van der Waals surface area contributed by atoms with Gasteiger partial charge in [0.1, 0.15) is 5.76 Å². The van der Waals surface area contributed by atoms with Gasteiger partial charge in [0.25, 0.3) is 0 Å². The van der Waals surface area contributed by atoms with Gasteiger partial charge in [-0.3, -0.25) is 14.7 Å². The Morgan fingerprint density at radius 3 is 2.63 bits per heavy atom. The van der Waals surface area contributed by atoms with Gasteiger partial charge in [0.2, 0.25) is 5.91 Å². The van der Waals surface area contributed by atoms with E-state index in [9.17, 15) is 4.79 Å². The van der Waals surface area contributed by atoms with Gasteiger partial charge in [-0.2, -0.15) is 0 Å². The maximum absolute atomic E-state index is 11.8. The number of amides is 1. The zero-order valence-electron chi connectivity index (χ0n) is 16.7. The summed E-state index contributed by atoms with van der Waals surface area (Å²) >= 11 is 0. The number of aliphatic imine (C=N–C) groups is 1. The standard InChI is InChI=1S/C19H33N5O2.HI/c1-4-20-19(21-10-9-18(25)23-15(2)3)22-14-16(17-8-7-13-26-17)24-11-5-6-12-24;/h7-8,13,15-16H,4-6,9-12,14H2,1-3H3,(H,23,25)(H2,20,21,22);1H. The lowest BCUT2D eigenvalue weighted by molar-refractivity contribution is -0.121. The Morgan fingerprint density at radius 1 is 1.30 bits per heavy atom. The number of halogens is 1. The highest BCUT2D eigenvalue weighted by Gasteiger charge is 2.25. The summed E-state index contributed by atoms with van der Waals surface area (Å²) in [6.07, 6.45) is 4.60. The first-order valence-corrected chi connectivity index (χ1v) is 9.69. The Hall–Kier alpha value is -1.29. The van der Waals surface area contributed by atoms with Crippen LogP contribution in [0.2, 0.25) is 0 Å². The van der Waals surface area contributed by atoms with E-state index in [0.29, 0.717) is 19.5 Å². The van der Waals surface area contributed by atoms with Crippen molar-refractivity contribution in [3.8, 4) is 0 Å². The summed E-state index contributed by atoms with van der Waals surface area (Å²) in [5.41, 5.74) is 0. The molecule has 1 fully saturated rings. The monoisotopic (exact) mass is 491 g/mol. The third-order valence-corrected chi connectivity index (χ3v) is 4.31. The molecule has 1 saturated heterocycles. The van der Waals surface area contributed by atoms with Crippen LogP contribution in [0, 0.1) is 0 Å². The molecule has 1 amide bonds. The molecule has 2 heterocycles. The molecular weight excluding hydrogens is 457 g/mol. The van der Waals surface area contributed by atoms with Crippen LogP contribution in [0.1, 0.15) is 51.8 Å². The molecule has 0 bridgehead atoms. The van der Waals surface area contributed by atoms with Gasteiger partial charge in [0.15, 0.2) is 5.96 Å². The van der Waals surface area contributed by atoms with E-state index < -0.39 is 0 Å². The van der Waals surface area contributed by atoms with Crippen molar-refractivity contribution in [1.82, 2.24) is 20.9 Å². The number of furan rings is 1. The van der Waals surface area contributed by atoms with Gasteiger partial charge >= 0.3 is 0 Å². The van der Waals surface area contributed by atoms with Crippen LogP contribution in [-0.4, -0.2) is 55.5 Å². The van der Waals surface area contributed by atoms with Crippen molar-refractivity contribution in [2.24, 2.45) is 4.99 Å². The molecule has 2 rings (SSSR count). The third kappa shape index (κ3) is 8.50. The van der Waals surface area contributed by atoms with Crippen LogP contribution in [0.15, 0.2) is 27.8 Å². The van der Waals surface area contributed by atoms with Crippen LogP contribution in [0.4, 0.5) is 0 Å². The number of guanidine groups is 1. The number of hydrogen-bond donors (Lipinski definition) is 3. The van der Waals surface area contributed by atoms with Crippen molar-refractivity contribution in [2.75, 3.05) is 32.7 Å². The van der Waals surface area contributed by atoms with Crippen molar-refractivity contribution >= 4 is 35.8 Å². The molecule has 1 atom stereocenters. The lowest BCUT2D eigenvalue weighted by Crippen LogP contribution is -2.40. The van der Waals surface area contributed by atoms with Crippen molar-refractivity contribution in [3.05, 3.63) is 24.2 Å². The minimum Gasteiger partial charge on any atom is -0.468 e. The van der Waals surface area contributed by atoms with Gasteiger partial charge < -0.3 is 20.4 Å². The average molecular weight is 491 g/mol. The first kappa shape index (κ1) is 23.7. The molecule has 1 aliphatic rings. The first-order chi connectivity index (χ1) is 12.6. The predicted octanol–water partition coefficient (Wildman–Crippen LogP) is 2.50. The molecule has 27 heavy (non-hydrogen) atoms. The minimum atomic E-state index is 0. The Kier molecular flexibility index (Phi) is 11.4. The predicted molar refractivity (Wildman–Crippen MR) is 120 cm³/mol. The second kappa shape index (κ2) is 13.0. The van der Waals surface area contributed by atoms with Crippen molar-refractivity contribution < 1.29 is 9.21 Å². The summed E-state index contributed by atoms with van der Waals surface area (Å²) in [4.78, 5) is 18.9. The number of carbonyl (C=O) groups excluding carboxylic acids is 1. The van der Waals surface area contributed by atoms with Gasteiger partial charge in [-0.15, -0.1) is 24.0 Å². The van der Waals surface area contributed by atoms with Crippen molar-refractivity contribution in [2.45, 2.75) is 52.1 Å². The lowest BCUT2D eigenvalue weighted by Gasteiger charge is -2.24. The summed E-state index contributed by atoms with van der Waals surface area (Å²) in [6, 6.07) is 4.28. The highest BCUT2D eigenvalue weighted by Crippen LogP contribution is 2.25. The molecule has 0 aromatic carbocycles. The maximum atomic E-state index is 11.8. The minimum absolute atomic E-state index is 0. The molecule has 1 unspecified atom stereocenters. The average Bonchev–Trinajstić information content (AvgIpc) is 3.28. The van der Waals surface area contributed by atoms with E-state index in [1.165, 1.54) is 12.8 Å². The van der Waals surface area contributed by atoms with Gasteiger partial charge in [-0.05, 0) is 58.8 Å². The van der Waals surface area contributed by atoms with Crippen LogP contribution < -0.4 is 16.0 Å². The SMILES string of the molecule is CCNC(=NCC(c1ccco1)N1CCCC1)NCCC(=O)NC(C)C.I. The van der Waals surface area contributed by atoms with Gasteiger partial charge in [-0.1, -0.05) is 0 Å². The highest BCUT2D eigenvalue weighted by atomic mass is 127. The fourth-order valence-corrected chi connectivity index (χ4v) is 3.13. The Labute approximate surface area is 179 Å². The van der Waals surface area contributed by atoms with Crippen LogP contribution >= 0.6 is 24.0 Å². The molecule has 8 heteroatoms. The van der Waals surface area contributed by atoms with Gasteiger partial charge in [0.05, 0.1) is 18.8 Å². The second-order valence-corrected chi connectivity index (χ2v) is 6.89. The summed E-state index contributed by atoms with van der Waals surface area (Å²) in [6.45, 7) is 10.1. The van der Waals surface area contributed by atoms with Gasteiger partial charge in [0, 0.05) is 25.6 Å². The quantitative estimate of drug-likeness (QED) is 0.281. The summed E-state index contributed by atoms with van der Waals surface area (Å²) in [5.74, 6) is 1.75. The molecular formula is C19H34IN5O2. The zero-order chi connectivity index (χ0) is 18.8. The highest BCUT2D eigenvalue weighted by molar-refractivity contribution is 14.0. The molecule has 0 saturated carbocycles. The van der Waals surface area contributed by atoms with E-state index in [0.717, 1.165) is 31.4 Å². The van der Waals surface area contributed by atoms with E-state index in [1.54, 1.807) is 6.26 Å². The number of carbonyl (C=O) groups is 1. The van der Waals surface area contributed by atoms with Crippen molar-refractivity contribution in [1.29, 1.82) is 0 Å². The second-order valence-electron chi connectivity index (χ2n) is 6.89. The number of hydrogen-bond acceptors (Lipinski definition) is 4. The van der Waals surface area contributed by atoms with Crippen molar-refractivity contribution in [3.63, 3.8) is 0 Å². The molecule has 154 valence electrons. The summed E-state index contributed by atoms with van der Waals surface area (Å²) in [7, 11) is 0. The number of nitrogens with one attached hydrogen (secondary N) is 3. The van der Waals surface area contributed by atoms with Crippen LogP contribution in [-0.2, 0) is 4.79 Å². The fraction of sp³-hybridized carbons (Fsp3) is 0.684. The van der Waals surface area contributed by atoms with E-state index in [-0.39, 0.29) is 42.0 Å².